The first-order valence-electron chi connectivity index (χ1n) is 19.3. The number of aromatic nitrogens is 3. The quantitative estimate of drug-likeness (QED) is 0.0568. The standard InChI is InChI=1S/C41H42F3N6O6.H3P.H2S.Tl/c1-6-26-28(43)10-8-22-14-25(55-21-52-5)15-27(31(22)26)34-33(44)35-32-36(47-38(46-35)54-20-41-12-7-13-48(41)17-23(42)16-41)49-18-24-9-11-29(30(49)19-53-37(32)45-34)50(24)39(51)56-40(2,3)4;;;/h8,10,14-15,23-24,29-30H,7,9,11-13,16-21H2,2-5H3;1H3;1H2;/p-1/t23-,24+,29-,30+,41-;;;/m1.../s1. The minimum absolute atomic E-state index is 0. The van der Waals surface area contributed by atoms with Gasteiger partial charge in [0.05, 0.1) is 11.6 Å². The molecule has 4 fully saturated rings. The molecule has 0 aliphatic carbocycles. The number of benzene rings is 2. The number of fused-ring (bicyclic) bond motifs is 7. The molecule has 2 aromatic carbocycles. The van der Waals surface area contributed by atoms with Crippen LogP contribution in [0.4, 0.5) is 23.8 Å². The first-order chi connectivity index (χ1) is 27.4. The van der Waals surface area contributed by atoms with Crippen molar-refractivity contribution in [1.82, 2.24) is 24.8 Å². The summed E-state index contributed by atoms with van der Waals surface area (Å²) in [5.74, 6) is 2.38. The van der Waals surface area contributed by atoms with Gasteiger partial charge in [0.1, 0.15) is 11.8 Å². The molecule has 2 bridgehead atoms. The van der Waals surface area contributed by atoms with E-state index >= 15 is 8.78 Å². The number of carbonyl (C=O) groups excluding carboxylic acids is 1. The van der Waals surface area contributed by atoms with E-state index in [0.717, 1.165) is 25.8 Å². The van der Waals surface area contributed by atoms with Crippen LogP contribution in [-0.4, -0.2) is 139 Å². The fourth-order valence-corrected chi connectivity index (χ4v) is 10.1. The van der Waals surface area contributed by atoms with Gasteiger partial charge in [-0.1, -0.05) is 0 Å². The molecule has 18 heteroatoms. The van der Waals surface area contributed by atoms with Crippen LogP contribution in [-0.2, 0) is 23.0 Å². The Morgan fingerprint density at radius 1 is 1.08 bits per heavy atom. The molecule has 5 aliphatic heterocycles. The van der Waals surface area contributed by atoms with Gasteiger partial charge in [-0.3, -0.25) is 9.80 Å². The molecular weight excluding hydrogens is 997 g/mol. The zero-order chi connectivity index (χ0) is 39.8. The summed E-state index contributed by atoms with van der Waals surface area (Å²) in [6.45, 7) is 7.17. The van der Waals surface area contributed by atoms with E-state index < -0.39 is 41.1 Å². The van der Waals surface area contributed by atoms with E-state index in [2.05, 4.69) is 19.2 Å². The van der Waals surface area contributed by atoms with Crippen molar-refractivity contribution in [3.8, 4) is 38.3 Å². The molecule has 9 rings (SSSR count). The molecule has 0 N–H and O–H groups in total. The number of hydrogen-bond acceptors (Lipinski definition) is 12. The summed E-state index contributed by atoms with van der Waals surface area (Å²) in [6, 6.07) is 5.26. The minimum atomic E-state index is -0.965. The molecule has 4 saturated heterocycles. The second-order valence-electron chi connectivity index (χ2n) is 16.5. The van der Waals surface area contributed by atoms with Gasteiger partial charge >= 0.3 is 232 Å². The summed E-state index contributed by atoms with van der Waals surface area (Å²) in [5.41, 5.74) is -1.11. The van der Waals surface area contributed by atoms with E-state index in [1.165, 1.54) is 13.2 Å². The van der Waals surface area contributed by atoms with Gasteiger partial charge in [-0.15, -0.1) is 0 Å². The van der Waals surface area contributed by atoms with Crippen LogP contribution in [0.3, 0.4) is 0 Å². The normalized spacial score (nSPS) is 24.2. The molecule has 6 atom stereocenters. The summed E-state index contributed by atoms with van der Waals surface area (Å²) in [6.07, 6.45) is 2.11. The average Bonchev–Trinajstić information content (AvgIpc) is 3.78. The largest absolute Gasteiger partial charge is 0.813 e. The molecule has 2 aromatic heterocycles. The zero-order valence-corrected chi connectivity index (χ0v) is 40.2. The predicted octanol–water partition coefficient (Wildman–Crippen LogP) is 5.68. The minimum Gasteiger partial charge on any atom is -0.813 e. The van der Waals surface area contributed by atoms with Gasteiger partial charge < -0.3 is 18.2 Å². The number of ether oxygens (including phenoxy) is 5. The predicted molar refractivity (Wildman–Crippen MR) is 225 cm³/mol. The van der Waals surface area contributed by atoms with Gasteiger partial charge in [0.15, 0.2) is 0 Å². The maximum Gasteiger partial charge on any atom is -0.153 e. The summed E-state index contributed by atoms with van der Waals surface area (Å²) >= 11 is 0.263. The van der Waals surface area contributed by atoms with Crippen molar-refractivity contribution in [2.75, 3.05) is 51.7 Å². The molecule has 0 radical (unpaired) electrons. The van der Waals surface area contributed by atoms with Crippen LogP contribution < -0.4 is 19.1 Å². The molecule has 4 aromatic rings. The van der Waals surface area contributed by atoms with Crippen LogP contribution in [0.25, 0.3) is 32.9 Å². The number of hydrogen-bond donors (Lipinski definition) is 0. The Morgan fingerprint density at radius 2 is 1.90 bits per heavy atom. The maximum atomic E-state index is 17.6. The van der Waals surface area contributed by atoms with E-state index in [4.69, 9.17) is 38.6 Å². The van der Waals surface area contributed by atoms with Crippen LogP contribution >= 0.6 is 9.90 Å². The van der Waals surface area contributed by atoms with Crippen molar-refractivity contribution in [3.05, 3.63) is 41.5 Å². The molecular formula is C41H46F3N6O6PSTl-. The van der Waals surface area contributed by atoms with Crippen LogP contribution in [0.15, 0.2) is 24.3 Å². The van der Waals surface area contributed by atoms with Gasteiger partial charge in [0.25, 0.3) is 0 Å². The number of anilines is 1. The van der Waals surface area contributed by atoms with E-state index in [9.17, 15) is 9.18 Å². The number of halogens is 3. The van der Waals surface area contributed by atoms with Crippen LogP contribution in [0.1, 0.15) is 58.4 Å². The van der Waals surface area contributed by atoms with Crippen molar-refractivity contribution in [2.45, 2.75) is 88.3 Å². The fraction of sp³-hybridized carbons (Fsp3) is 0.512. The van der Waals surface area contributed by atoms with E-state index in [1.807, 2.05) is 25.7 Å². The maximum absolute atomic E-state index is 17.6. The second-order valence-corrected chi connectivity index (χ2v) is 17.6. The third-order valence-electron chi connectivity index (χ3n) is 11.8. The number of carbonyl (C=O) groups is 1. The number of thiol groups is 1. The Hall–Kier alpha value is -3.37. The SMILES string of the molecule is COCOc1cc(-c2nc3c4c(nc(OC[C@]56CCCN5C[C@H](F)C6)nc4c2F)N2C[C@@H]4CC[C@H]([C@@H]2CO3)N4C(=O)OC(C)(C)C)c2c(C#[C][Tl])c(F)ccc2c1.P.[SH-]. The monoisotopic (exact) mass is 1040 g/mol. The molecule has 312 valence electrons. The first kappa shape index (κ1) is 43.7. The molecule has 59 heavy (non-hydrogen) atoms. The molecule has 5 aliphatic rings. The van der Waals surface area contributed by atoms with Gasteiger partial charge in [-0.25, -0.2) is 9.18 Å². The van der Waals surface area contributed by atoms with Gasteiger partial charge in [0.2, 0.25) is 0 Å². The Morgan fingerprint density at radius 3 is 2.66 bits per heavy atom. The van der Waals surface area contributed by atoms with E-state index in [0.29, 0.717) is 48.3 Å². The number of nitrogens with zero attached hydrogens (tertiary/aromatic N) is 6. The number of pyridine rings is 1. The molecule has 1 amide bonds. The van der Waals surface area contributed by atoms with Gasteiger partial charge in [-0.05, 0) is 53.0 Å². The van der Waals surface area contributed by atoms with Crippen molar-refractivity contribution in [1.29, 1.82) is 0 Å². The molecule has 12 nitrogen and oxygen atoms in total. The van der Waals surface area contributed by atoms with Crippen molar-refractivity contribution >= 4 is 82.7 Å². The Labute approximate surface area is 366 Å². The number of rotatable bonds is 7. The Kier molecular flexibility index (Phi) is 12.5. The zero-order valence-electron chi connectivity index (χ0n) is 33.4. The van der Waals surface area contributed by atoms with Crippen LogP contribution in [0.2, 0.25) is 0 Å². The number of piperazine rings is 1. The molecule has 0 spiro atoms. The third-order valence-corrected chi connectivity index (χ3v) is 12.4. The summed E-state index contributed by atoms with van der Waals surface area (Å²) in [5, 5.41) is 1.17. The fourth-order valence-electron chi connectivity index (χ4n) is 9.56. The molecule has 7 heterocycles. The molecule has 0 saturated carbocycles. The van der Waals surface area contributed by atoms with Crippen LogP contribution in [0, 0.1) is 21.0 Å². The third kappa shape index (κ3) is 7.76. The summed E-state index contributed by atoms with van der Waals surface area (Å²) in [7, 11) is 1.49. The first-order valence-corrected chi connectivity index (χ1v) is 21.6. The Balaban J connectivity index is 0.00000264. The van der Waals surface area contributed by atoms with Crippen LogP contribution in [0.5, 0.6) is 17.6 Å². The van der Waals surface area contributed by atoms with E-state index in [-0.39, 0.29) is 121 Å². The second kappa shape index (κ2) is 16.8. The smallest absolute Gasteiger partial charge is 0.153 e. The van der Waals surface area contributed by atoms with Crippen molar-refractivity contribution < 1.29 is 41.7 Å². The Bertz CT molecular complexity index is 2370. The molecule has 1 unspecified atom stereocenters. The van der Waals surface area contributed by atoms with E-state index in [1.54, 1.807) is 18.2 Å². The number of alkyl halides is 1. The summed E-state index contributed by atoms with van der Waals surface area (Å²) < 4.78 is 80.7. The average molecular weight is 1040 g/mol. The summed E-state index contributed by atoms with van der Waals surface area (Å²) in [4.78, 5) is 34.1. The number of methoxy groups -OCH3 is 1. The number of amides is 1. The van der Waals surface area contributed by atoms with Gasteiger partial charge in [-0.2, -0.15) is 9.90 Å². The topological polar surface area (TPSA) is 112 Å². The van der Waals surface area contributed by atoms with Crippen molar-refractivity contribution in [2.24, 2.45) is 0 Å². The van der Waals surface area contributed by atoms with Gasteiger partial charge in [0, 0.05) is 13.0 Å². The van der Waals surface area contributed by atoms with Crippen molar-refractivity contribution in [3.63, 3.8) is 0 Å².